The fourth-order valence-corrected chi connectivity index (χ4v) is 4.88. The molecule has 1 aromatic heterocycles. The molecule has 1 N–H and O–H groups in total. The molecule has 0 unspecified atom stereocenters. The van der Waals surface area contributed by atoms with Gasteiger partial charge in [-0.05, 0) is 44.4 Å². The summed E-state index contributed by atoms with van der Waals surface area (Å²) in [7, 11) is -3.37. The highest BCUT2D eigenvalue weighted by atomic mass is 32.3. The van der Waals surface area contributed by atoms with Gasteiger partial charge >= 0.3 is 16.6 Å². The van der Waals surface area contributed by atoms with Gasteiger partial charge in [0.15, 0.2) is 0 Å². The number of likely N-dealkylation sites (N-methyl/N-ethyl adjacent to an activating group) is 1. The van der Waals surface area contributed by atoms with Crippen molar-refractivity contribution in [3.05, 3.63) is 47.4 Å². The van der Waals surface area contributed by atoms with Crippen molar-refractivity contribution in [3.8, 4) is 11.3 Å². The Hall–Kier alpha value is -2.61. The van der Waals surface area contributed by atoms with Crippen LogP contribution in [0.1, 0.15) is 42.4 Å². The summed E-state index contributed by atoms with van der Waals surface area (Å²) in [6.07, 6.45) is -3.67. The molecule has 178 valence electrons. The lowest BCUT2D eigenvalue weighted by atomic mass is 9.95. The number of hydroxylamine groups is 2. The molecular formula is C20H21F3N4O5S. The first-order chi connectivity index (χ1) is 15.3. The SMILES string of the molecule is Cc1cc(-c2ccc(C(F)(F)F)cc2)nc([C@H]2CC[C@@]3(CCN(C)C3=O)N2OS(=O)(=O)O)n1. The van der Waals surface area contributed by atoms with Crippen LogP contribution in [0.5, 0.6) is 0 Å². The molecule has 1 aromatic carbocycles. The van der Waals surface area contributed by atoms with Gasteiger partial charge in [-0.3, -0.25) is 9.35 Å². The quantitative estimate of drug-likeness (QED) is 0.657. The lowest BCUT2D eigenvalue weighted by molar-refractivity contribution is -0.169. The summed E-state index contributed by atoms with van der Waals surface area (Å²) < 4.78 is 76.1. The number of benzene rings is 1. The minimum Gasteiger partial charge on any atom is -0.344 e. The van der Waals surface area contributed by atoms with Gasteiger partial charge in [0.25, 0.3) is 0 Å². The molecule has 0 aliphatic carbocycles. The van der Waals surface area contributed by atoms with Gasteiger partial charge in [0.1, 0.15) is 11.4 Å². The molecule has 0 radical (unpaired) electrons. The number of hydrogen-bond donors (Lipinski definition) is 1. The van der Waals surface area contributed by atoms with E-state index in [0.29, 0.717) is 23.5 Å². The van der Waals surface area contributed by atoms with Gasteiger partial charge in [-0.15, -0.1) is 5.06 Å². The molecule has 2 aliphatic heterocycles. The van der Waals surface area contributed by atoms with Crippen LogP contribution in [0.25, 0.3) is 11.3 Å². The Labute approximate surface area is 188 Å². The van der Waals surface area contributed by atoms with Crippen LogP contribution in [-0.2, 0) is 25.7 Å². The summed E-state index contributed by atoms with van der Waals surface area (Å²) in [4.78, 5) is 23.1. The van der Waals surface area contributed by atoms with E-state index in [-0.39, 0.29) is 31.0 Å². The van der Waals surface area contributed by atoms with Crippen molar-refractivity contribution in [2.24, 2.45) is 0 Å². The van der Waals surface area contributed by atoms with E-state index in [1.165, 1.54) is 17.0 Å². The highest BCUT2D eigenvalue weighted by Crippen LogP contribution is 2.47. The van der Waals surface area contributed by atoms with E-state index in [2.05, 4.69) is 9.97 Å². The first-order valence-corrected chi connectivity index (χ1v) is 11.4. The molecule has 1 spiro atoms. The molecule has 1 amide bonds. The normalized spacial score (nSPS) is 24.2. The zero-order valence-electron chi connectivity index (χ0n) is 17.7. The Morgan fingerprint density at radius 1 is 1.18 bits per heavy atom. The van der Waals surface area contributed by atoms with Crippen LogP contribution in [-0.4, -0.2) is 57.9 Å². The summed E-state index contributed by atoms with van der Waals surface area (Å²) in [6, 6.07) is 5.16. The molecular weight excluding hydrogens is 465 g/mol. The predicted octanol–water partition coefficient (Wildman–Crippen LogP) is 2.94. The average molecular weight is 486 g/mol. The average Bonchev–Trinajstić information content (AvgIpc) is 3.21. The molecule has 0 bridgehead atoms. The number of nitrogens with zero attached hydrogens (tertiary/aromatic N) is 4. The van der Waals surface area contributed by atoms with Crippen molar-refractivity contribution >= 4 is 16.3 Å². The molecule has 2 fully saturated rings. The number of aryl methyl sites for hydroxylation is 1. The van der Waals surface area contributed by atoms with Crippen molar-refractivity contribution < 1.29 is 35.2 Å². The van der Waals surface area contributed by atoms with Crippen molar-refractivity contribution in [2.75, 3.05) is 13.6 Å². The van der Waals surface area contributed by atoms with Crippen LogP contribution in [0, 0.1) is 6.92 Å². The number of likely N-dealkylation sites (tertiary alicyclic amines) is 1. The second-order valence-corrected chi connectivity index (χ2v) is 9.22. The number of hydrogen-bond acceptors (Lipinski definition) is 7. The Bertz CT molecular complexity index is 1190. The first kappa shape index (κ1) is 23.5. The molecule has 9 nitrogen and oxygen atoms in total. The Balaban J connectivity index is 1.74. The Morgan fingerprint density at radius 3 is 2.39 bits per heavy atom. The van der Waals surface area contributed by atoms with E-state index in [1.807, 2.05) is 0 Å². The summed E-state index contributed by atoms with van der Waals surface area (Å²) >= 11 is 0. The highest BCUT2D eigenvalue weighted by Gasteiger charge is 2.59. The van der Waals surface area contributed by atoms with Gasteiger partial charge in [0.05, 0.1) is 17.3 Å². The molecule has 0 saturated carbocycles. The van der Waals surface area contributed by atoms with Gasteiger partial charge in [-0.1, -0.05) is 12.1 Å². The second kappa shape index (κ2) is 8.01. The summed E-state index contributed by atoms with van der Waals surface area (Å²) in [5.74, 6) is -0.211. The predicted molar refractivity (Wildman–Crippen MR) is 109 cm³/mol. The Morgan fingerprint density at radius 2 is 1.85 bits per heavy atom. The monoisotopic (exact) mass is 486 g/mol. The molecule has 2 aromatic rings. The third-order valence-corrected chi connectivity index (χ3v) is 6.34. The summed E-state index contributed by atoms with van der Waals surface area (Å²) in [5.41, 5.74) is -0.879. The third-order valence-electron chi connectivity index (χ3n) is 5.99. The van der Waals surface area contributed by atoms with E-state index >= 15 is 0 Å². The van der Waals surface area contributed by atoms with Crippen molar-refractivity contribution in [1.29, 1.82) is 0 Å². The van der Waals surface area contributed by atoms with Gasteiger partial charge in [0, 0.05) is 24.8 Å². The molecule has 4 rings (SSSR count). The molecule has 2 atom stereocenters. The van der Waals surface area contributed by atoms with E-state index < -0.39 is 33.7 Å². The molecule has 3 heterocycles. The number of halogens is 3. The van der Waals surface area contributed by atoms with Crippen molar-refractivity contribution in [1.82, 2.24) is 19.9 Å². The van der Waals surface area contributed by atoms with Crippen LogP contribution < -0.4 is 0 Å². The maximum absolute atomic E-state index is 12.9. The fourth-order valence-electron chi connectivity index (χ4n) is 4.43. The zero-order valence-corrected chi connectivity index (χ0v) is 18.5. The van der Waals surface area contributed by atoms with Crippen LogP contribution in [0.4, 0.5) is 13.2 Å². The van der Waals surface area contributed by atoms with Crippen LogP contribution >= 0.6 is 0 Å². The smallest absolute Gasteiger partial charge is 0.344 e. The van der Waals surface area contributed by atoms with E-state index in [4.69, 9.17) is 4.28 Å². The highest BCUT2D eigenvalue weighted by molar-refractivity contribution is 7.80. The maximum Gasteiger partial charge on any atom is 0.416 e. The van der Waals surface area contributed by atoms with Crippen LogP contribution in [0.3, 0.4) is 0 Å². The minimum atomic E-state index is -4.95. The standard InChI is InChI=1S/C20H21F3N4O5S/c1-12-11-15(13-3-5-14(6-4-13)20(21,22)23)25-17(24-12)16-7-8-19(9-10-26(2)18(19)28)27(16)32-33(29,30)31/h3-6,11,16H,7-10H2,1-2H3,(H,29,30,31)/t16-,19+/m1/s1. The van der Waals surface area contributed by atoms with Crippen LogP contribution in [0.2, 0.25) is 0 Å². The largest absolute Gasteiger partial charge is 0.416 e. The van der Waals surface area contributed by atoms with Crippen molar-refractivity contribution in [3.63, 3.8) is 0 Å². The Kier molecular flexibility index (Phi) is 5.71. The number of carbonyl (C=O) groups excluding carboxylic acids is 1. The molecule has 13 heteroatoms. The second-order valence-electron chi connectivity index (χ2n) is 8.22. The lowest BCUT2D eigenvalue weighted by Crippen LogP contribution is -2.51. The number of aromatic nitrogens is 2. The van der Waals surface area contributed by atoms with E-state index in [0.717, 1.165) is 17.2 Å². The van der Waals surface area contributed by atoms with E-state index in [1.54, 1.807) is 20.0 Å². The number of rotatable bonds is 4. The fraction of sp³-hybridized carbons (Fsp3) is 0.450. The van der Waals surface area contributed by atoms with Crippen LogP contribution in [0.15, 0.2) is 30.3 Å². The third kappa shape index (κ3) is 4.45. The number of amides is 1. The number of alkyl halides is 3. The molecule has 2 saturated heterocycles. The van der Waals surface area contributed by atoms with Gasteiger partial charge in [-0.25, -0.2) is 9.97 Å². The van der Waals surface area contributed by atoms with Gasteiger partial charge in [-0.2, -0.15) is 25.9 Å². The molecule has 33 heavy (non-hydrogen) atoms. The van der Waals surface area contributed by atoms with E-state index in [9.17, 15) is 30.9 Å². The lowest BCUT2D eigenvalue weighted by Gasteiger charge is -2.33. The number of carbonyl (C=O) groups is 1. The summed E-state index contributed by atoms with van der Waals surface area (Å²) in [5, 5.41) is 0.958. The topological polar surface area (TPSA) is 113 Å². The minimum absolute atomic E-state index is 0.132. The summed E-state index contributed by atoms with van der Waals surface area (Å²) in [6.45, 7) is 2.04. The first-order valence-electron chi connectivity index (χ1n) is 10.1. The van der Waals surface area contributed by atoms with Gasteiger partial charge < -0.3 is 4.90 Å². The van der Waals surface area contributed by atoms with Gasteiger partial charge in [0.2, 0.25) is 5.91 Å². The molecule has 2 aliphatic rings. The zero-order chi connectivity index (χ0) is 24.2. The maximum atomic E-state index is 12.9. The van der Waals surface area contributed by atoms with Crippen molar-refractivity contribution in [2.45, 2.75) is 43.9 Å².